The Morgan fingerprint density at radius 2 is 2.11 bits per heavy atom. The number of allylic oxidation sites excluding steroid dienone is 3. The molecule has 0 aromatic heterocycles. The summed E-state index contributed by atoms with van der Waals surface area (Å²) in [5.74, 6) is 0. The van der Waals surface area contributed by atoms with E-state index in [1.165, 1.54) is 12.2 Å². The molecule has 0 atom stereocenters. The van der Waals surface area contributed by atoms with Crippen molar-refractivity contribution in [2.75, 3.05) is 0 Å². The van der Waals surface area contributed by atoms with Crippen LogP contribution in [0.2, 0.25) is 0 Å². The van der Waals surface area contributed by atoms with Crippen molar-refractivity contribution in [2.45, 2.75) is 6.92 Å². The molecule has 9 heavy (non-hydrogen) atoms. The molecule has 0 amide bonds. The summed E-state index contributed by atoms with van der Waals surface area (Å²) in [6.45, 7) is 1.63. The number of carbonyl (C=O) groups is 1. The maximum Gasteiger partial charge on any atom is 1.00 e. The quantitative estimate of drug-likeness (QED) is 0.138. The Kier molecular flexibility index (Phi) is 11.7. The van der Waals surface area contributed by atoms with Gasteiger partial charge in [-0.1, -0.05) is 12.2 Å². The first-order chi connectivity index (χ1) is 3.81. The van der Waals surface area contributed by atoms with Crippen LogP contribution in [0.15, 0.2) is 24.0 Å². The van der Waals surface area contributed by atoms with Crippen LogP contribution in [-0.2, 0) is 4.79 Å². The summed E-state index contributed by atoms with van der Waals surface area (Å²) in [5.41, 5.74) is 0.553. The Balaban J connectivity index is 0. The third-order valence-electron chi connectivity index (χ3n) is 0.624. The molecule has 0 unspecified atom stereocenters. The van der Waals surface area contributed by atoms with E-state index in [1.807, 2.05) is 0 Å². The van der Waals surface area contributed by atoms with E-state index in [9.17, 15) is 9.90 Å². The van der Waals surface area contributed by atoms with Gasteiger partial charge in [-0.05, 0) is 12.5 Å². The van der Waals surface area contributed by atoms with Crippen LogP contribution in [0.3, 0.4) is 0 Å². The molecule has 0 aliphatic rings. The second-order valence-corrected chi connectivity index (χ2v) is 1.36. The maximum absolute atomic E-state index is 9.81. The van der Waals surface area contributed by atoms with Crippen molar-refractivity contribution in [1.82, 2.24) is 0 Å². The molecule has 3 heteroatoms. The van der Waals surface area contributed by atoms with Crippen LogP contribution in [0.5, 0.6) is 0 Å². The maximum atomic E-state index is 9.81. The third kappa shape index (κ3) is 8.59. The molecular formula is C6H7KO2. The zero-order valence-corrected chi connectivity index (χ0v) is 8.75. The van der Waals surface area contributed by atoms with Gasteiger partial charge in [0.25, 0.3) is 0 Å². The molecule has 0 saturated heterocycles. The average molecular weight is 150 g/mol. The summed E-state index contributed by atoms with van der Waals surface area (Å²) in [6.07, 6.45) is 4.07. The Hall–Kier alpha value is 0.586. The largest absolute Gasteiger partial charge is 1.00 e. The predicted molar refractivity (Wildman–Crippen MR) is 29.0 cm³/mol. The summed E-state index contributed by atoms with van der Waals surface area (Å²) in [5, 5.41) is 9.61. The molecule has 0 heterocycles. The van der Waals surface area contributed by atoms with Crippen LogP contribution in [-0.4, -0.2) is 6.29 Å². The molecule has 0 saturated carbocycles. The number of rotatable bonds is 2. The number of hydrogen-bond acceptors (Lipinski definition) is 2. The van der Waals surface area contributed by atoms with Crippen LogP contribution >= 0.6 is 0 Å². The normalized spacial score (nSPS) is 11.0. The fourth-order valence-electron chi connectivity index (χ4n) is 0.230. The Bertz CT molecular complexity index is 127. The zero-order chi connectivity index (χ0) is 6.41. The standard InChI is InChI=1S/C6H8O2.K/c1-6(5-8)3-2-4-7;/h2-5,7H,1H3;/q;+1/p-1/b4-2+,6-3+;. The summed E-state index contributed by atoms with van der Waals surface area (Å²) < 4.78 is 0. The van der Waals surface area contributed by atoms with Crippen molar-refractivity contribution >= 4 is 6.29 Å². The first-order valence-corrected chi connectivity index (χ1v) is 2.22. The van der Waals surface area contributed by atoms with E-state index in [0.717, 1.165) is 0 Å². The topological polar surface area (TPSA) is 40.1 Å². The molecule has 0 aromatic rings. The number of hydrogen-bond donors (Lipinski definition) is 0. The first-order valence-electron chi connectivity index (χ1n) is 2.22. The number of aldehydes is 1. The SMILES string of the molecule is C/C(C=O)=C\C=C\[O-].[K+]. The smallest absolute Gasteiger partial charge is 0.878 e. The molecule has 0 aromatic carbocycles. The van der Waals surface area contributed by atoms with E-state index in [-0.39, 0.29) is 51.4 Å². The second kappa shape index (κ2) is 8.59. The van der Waals surface area contributed by atoms with E-state index >= 15 is 0 Å². The van der Waals surface area contributed by atoms with E-state index in [0.29, 0.717) is 18.1 Å². The van der Waals surface area contributed by atoms with Gasteiger partial charge in [-0.2, -0.15) is 0 Å². The fourth-order valence-corrected chi connectivity index (χ4v) is 0.230. The van der Waals surface area contributed by atoms with E-state index < -0.39 is 0 Å². The van der Waals surface area contributed by atoms with Crippen molar-refractivity contribution in [3.63, 3.8) is 0 Å². The van der Waals surface area contributed by atoms with Gasteiger partial charge in [-0.3, -0.25) is 4.79 Å². The molecule has 0 aliphatic carbocycles. The van der Waals surface area contributed by atoms with Gasteiger partial charge in [0.2, 0.25) is 0 Å². The molecule has 0 radical (unpaired) electrons. The van der Waals surface area contributed by atoms with Gasteiger partial charge in [0.1, 0.15) is 6.29 Å². The van der Waals surface area contributed by atoms with Gasteiger partial charge in [-0.25, -0.2) is 0 Å². The predicted octanol–water partition coefficient (Wildman–Crippen LogP) is -2.99. The minimum atomic E-state index is 0. The molecule has 44 valence electrons. The van der Waals surface area contributed by atoms with Gasteiger partial charge in [0.15, 0.2) is 0 Å². The van der Waals surface area contributed by atoms with Crippen LogP contribution in [0.1, 0.15) is 6.92 Å². The third-order valence-corrected chi connectivity index (χ3v) is 0.624. The Morgan fingerprint density at radius 3 is 2.44 bits per heavy atom. The molecular weight excluding hydrogens is 143 g/mol. The van der Waals surface area contributed by atoms with Crippen molar-refractivity contribution < 1.29 is 61.3 Å². The molecule has 0 rings (SSSR count). The molecule has 2 nitrogen and oxygen atoms in total. The van der Waals surface area contributed by atoms with Crippen LogP contribution in [0, 0.1) is 0 Å². The van der Waals surface area contributed by atoms with Crippen molar-refractivity contribution in [3.05, 3.63) is 24.0 Å². The molecule has 0 aliphatic heterocycles. The van der Waals surface area contributed by atoms with Gasteiger partial charge >= 0.3 is 51.4 Å². The summed E-state index contributed by atoms with van der Waals surface area (Å²) in [7, 11) is 0. The summed E-state index contributed by atoms with van der Waals surface area (Å²) in [4.78, 5) is 9.81. The van der Waals surface area contributed by atoms with Gasteiger partial charge in [0.05, 0.1) is 0 Å². The summed E-state index contributed by atoms with van der Waals surface area (Å²) >= 11 is 0. The van der Waals surface area contributed by atoms with Crippen LogP contribution in [0.25, 0.3) is 0 Å². The fraction of sp³-hybridized carbons (Fsp3) is 0.167. The van der Waals surface area contributed by atoms with Crippen LogP contribution < -0.4 is 56.5 Å². The van der Waals surface area contributed by atoms with Crippen molar-refractivity contribution in [2.24, 2.45) is 0 Å². The van der Waals surface area contributed by atoms with E-state index in [2.05, 4.69) is 0 Å². The molecule has 0 bridgehead atoms. The van der Waals surface area contributed by atoms with Gasteiger partial charge in [-0.15, -0.1) is 6.26 Å². The van der Waals surface area contributed by atoms with Crippen molar-refractivity contribution in [1.29, 1.82) is 0 Å². The Labute approximate surface area is 97.1 Å². The number of carbonyl (C=O) groups excluding carboxylic acids is 1. The molecule has 0 fully saturated rings. The Morgan fingerprint density at radius 1 is 1.56 bits per heavy atom. The second-order valence-electron chi connectivity index (χ2n) is 1.36. The van der Waals surface area contributed by atoms with E-state index in [1.54, 1.807) is 6.92 Å². The minimum absolute atomic E-state index is 0. The monoisotopic (exact) mass is 150 g/mol. The van der Waals surface area contributed by atoms with Crippen molar-refractivity contribution in [3.8, 4) is 0 Å². The molecule has 0 N–H and O–H groups in total. The average Bonchev–Trinajstić information content (AvgIpc) is 1.83. The molecule has 0 spiro atoms. The minimum Gasteiger partial charge on any atom is -0.878 e. The van der Waals surface area contributed by atoms with Gasteiger partial charge in [0, 0.05) is 0 Å². The van der Waals surface area contributed by atoms with Gasteiger partial charge < -0.3 is 5.11 Å². The first kappa shape index (κ1) is 12.3. The van der Waals surface area contributed by atoms with Crippen LogP contribution in [0.4, 0.5) is 0 Å². The summed E-state index contributed by atoms with van der Waals surface area (Å²) in [6, 6.07) is 0. The zero-order valence-electron chi connectivity index (χ0n) is 5.63. The van der Waals surface area contributed by atoms with E-state index in [4.69, 9.17) is 0 Å².